The molecule has 4 rings (SSSR count). The average molecular weight is 532 g/mol. The van der Waals surface area contributed by atoms with Crippen molar-refractivity contribution in [2.45, 2.75) is 6.54 Å². The maximum absolute atomic E-state index is 9.78. The molecule has 0 saturated carbocycles. The minimum absolute atomic E-state index is 0.334. The Balaban J connectivity index is 1.82. The van der Waals surface area contributed by atoms with Gasteiger partial charge in [0.1, 0.15) is 23.3 Å². The van der Waals surface area contributed by atoms with Crippen LogP contribution in [0.25, 0.3) is 10.9 Å². The van der Waals surface area contributed by atoms with Gasteiger partial charge in [-0.05, 0) is 44.3 Å². The van der Waals surface area contributed by atoms with Crippen molar-refractivity contribution >= 4 is 45.5 Å². The Kier molecular flexibility index (Phi) is 8.01. The molecule has 37 heavy (non-hydrogen) atoms. The van der Waals surface area contributed by atoms with Crippen molar-refractivity contribution in [3.8, 4) is 29.4 Å². The molecule has 2 aromatic carbocycles. The molecule has 186 valence electrons. The number of nitrogens with one attached hydrogen (secondary N) is 1. The largest absolute Gasteiger partial charge is 0.495 e. The second-order valence-electron chi connectivity index (χ2n) is 8.32. The number of nitrogens with zero attached hydrogens (tertiary/aromatic N) is 4. The van der Waals surface area contributed by atoms with Gasteiger partial charge in [-0.3, -0.25) is 4.98 Å². The van der Waals surface area contributed by atoms with Gasteiger partial charge in [0.2, 0.25) is 0 Å². The van der Waals surface area contributed by atoms with E-state index in [1.807, 2.05) is 32.3 Å². The Hall–Kier alpha value is -4.01. The molecule has 0 unspecified atom stereocenters. The lowest BCUT2D eigenvalue weighted by Crippen LogP contribution is -2.12. The monoisotopic (exact) mass is 531 g/mol. The minimum atomic E-state index is 0.334. The molecular formula is C28H23Cl2N5O2. The molecule has 0 bridgehead atoms. The molecule has 7 nitrogen and oxygen atoms in total. The summed E-state index contributed by atoms with van der Waals surface area (Å²) in [6, 6.07) is 13.0. The first-order chi connectivity index (χ1) is 17.8. The molecule has 0 aliphatic heterocycles. The molecule has 4 aromatic rings. The molecule has 2 heterocycles. The van der Waals surface area contributed by atoms with Gasteiger partial charge in [-0.1, -0.05) is 35.2 Å². The highest BCUT2D eigenvalue weighted by Gasteiger charge is 2.16. The third-order valence-electron chi connectivity index (χ3n) is 5.50. The van der Waals surface area contributed by atoms with E-state index in [2.05, 4.69) is 38.1 Å². The first-order valence-corrected chi connectivity index (χ1v) is 11.9. The van der Waals surface area contributed by atoms with Crippen LogP contribution >= 0.6 is 23.2 Å². The van der Waals surface area contributed by atoms with Crippen LogP contribution in [0.4, 0.5) is 11.4 Å². The number of fused-ring (bicyclic) bond motifs is 1. The molecule has 2 aromatic heterocycles. The normalized spacial score (nSPS) is 10.5. The number of hydrogen-bond acceptors (Lipinski definition) is 7. The fraction of sp³-hybridized carbons (Fsp3) is 0.179. The first-order valence-electron chi connectivity index (χ1n) is 11.2. The van der Waals surface area contributed by atoms with Crippen LogP contribution in [-0.4, -0.2) is 43.2 Å². The molecule has 0 radical (unpaired) electrons. The van der Waals surface area contributed by atoms with Crippen LogP contribution in [0.3, 0.4) is 0 Å². The summed E-state index contributed by atoms with van der Waals surface area (Å²) in [6.45, 7) is 0.721. The number of benzene rings is 2. The fourth-order valence-corrected chi connectivity index (χ4v) is 4.27. The van der Waals surface area contributed by atoms with Gasteiger partial charge in [-0.15, -0.1) is 0 Å². The summed E-state index contributed by atoms with van der Waals surface area (Å²) in [5.41, 5.74) is 4.37. The highest BCUT2D eigenvalue weighted by molar-refractivity contribution is 6.37. The van der Waals surface area contributed by atoms with E-state index in [0.717, 1.165) is 12.1 Å². The Morgan fingerprint density at radius 1 is 0.973 bits per heavy atom. The molecular weight excluding hydrogens is 509 g/mol. The third-order valence-corrected chi connectivity index (χ3v) is 6.11. The maximum Gasteiger partial charge on any atom is 0.139 e. The highest BCUT2D eigenvalue weighted by Crippen LogP contribution is 2.39. The number of halogens is 2. The standard InChI is InChI=1S/C28H23Cl2N5O2/c1-35(2)16-18-6-5-9-32-23(18)8-7-17-10-24-20(11-26(17)36-3)28(19(14-31)15-33-24)34-25-13-27(37-4)22(30)12-21(25)29/h5-6,9-13,15H,16H2,1-4H3,(H,33,34). The number of nitriles is 1. The summed E-state index contributed by atoms with van der Waals surface area (Å²) in [6.07, 6.45) is 3.23. The summed E-state index contributed by atoms with van der Waals surface area (Å²) in [5.74, 6) is 7.33. The summed E-state index contributed by atoms with van der Waals surface area (Å²) < 4.78 is 11.0. The van der Waals surface area contributed by atoms with Crippen LogP contribution in [-0.2, 0) is 6.54 Å². The predicted molar refractivity (Wildman–Crippen MR) is 147 cm³/mol. The Labute approximate surface area is 225 Å². The number of anilines is 2. The number of pyridine rings is 2. The van der Waals surface area contributed by atoms with Gasteiger partial charge in [0.05, 0.1) is 52.3 Å². The summed E-state index contributed by atoms with van der Waals surface area (Å²) in [4.78, 5) is 11.0. The smallest absolute Gasteiger partial charge is 0.139 e. The quantitative estimate of drug-likeness (QED) is 0.304. The van der Waals surface area contributed by atoms with Gasteiger partial charge in [-0.2, -0.15) is 5.26 Å². The zero-order chi connectivity index (χ0) is 26.5. The van der Waals surface area contributed by atoms with Crippen LogP contribution in [0.15, 0.2) is 48.8 Å². The Bertz CT molecular complexity index is 1590. The molecule has 0 fully saturated rings. The number of ether oxygens (including phenoxy) is 2. The second kappa shape index (κ2) is 11.4. The van der Waals surface area contributed by atoms with E-state index in [-0.39, 0.29) is 0 Å². The van der Waals surface area contributed by atoms with Gasteiger partial charge in [0, 0.05) is 36.0 Å². The number of aromatic nitrogens is 2. The van der Waals surface area contributed by atoms with E-state index < -0.39 is 0 Å². The van der Waals surface area contributed by atoms with Crippen molar-refractivity contribution in [1.29, 1.82) is 5.26 Å². The fourth-order valence-electron chi connectivity index (χ4n) is 3.77. The SMILES string of the molecule is COc1cc(Nc2c(C#N)cnc3cc(C#Cc4ncccc4CN(C)C)c(OC)cc23)c(Cl)cc1Cl. The molecule has 0 spiro atoms. The van der Waals surface area contributed by atoms with Crippen LogP contribution in [0.1, 0.15) is 22.4 Å². The van der Waals surface area contributed by atoms with Crippen molar-refractivity contribution in [3.05, 3.63) is 81.2 Å². The van der Waals surface area contributed by atoms with Crippen molar-refractivity contribution < 1.29 is 9.47 Å². The van der Waals surface area contributed by atoms with Gasteiger partial charge in [-0.25, -0.2) is 4.98 Å². The van der Waals surface area contributed by atoms with E-state index in [1.165, 1.54) is 13.3 Å². The zero-order valence-corrected chi connectivity index (χ0v) is 22.2. The lowest BCUT2D eigenvalue weighted by atomic mass is 10.1. The van der Waals surface area contributed by atoms with Crippen molar-refractivity contribution in [2.24, 2.45) is 0 Å². The van der Waals surface area contributed by atoms with E-state index in [1.54, 1.807) is 31.5 Å². The maximum atomic E-state index is 9.78. The average Bonchev–Trinajstić information content (AvgIpc) is 2.88. The molecule has 0 aliphatic rings. The Morgan fingerprint density at radius 2 is 1.76 bits per heavy atom. The molecule has 9 heteroatoms. The summed E-state index contributed by atoms with van der Waals surface area (Å²) in [5, 5.41) is 14.4. The van der Waals surface area contributed by atoms with E-state index in [9.17, 15) is 5.26 Å². The summed E-state index contributed by atoms with van der Waals surface area (Å²) in [7, 11) is 7.08. The summed E-state index contributed by atoms with van der Waals surface area (Å²) >= 11 is 12.6. The number of methoxy groups -OCH3 is 2. The van der Waals surface area contributed by atoms with Gasteiger partial charge >= 0.3 is 0 Å². The molecule has 0 amide bonds. The number of hydrogen-bond donors (Lipinski definition) is 1. The highest BCUT2D eigenvalue weighted by atomic mass is 35.5. The molecule has 1 N–H and O–H groups in total. The molecule has 0 atom stereocenters. The van der Waals surface area contributed by atoms with Crippen molar-refractivity contribution in [1.82, 2.24) is 14.9 Å². The van der Waals surface area contributed by atoms with Crippen LogP contribution in [0.2, 0.25) is 10.0 Å². The lowest BCUT2D eigenvalue weighted by Gasteiger charge is -2.15. The van der Waals surface area contributed by atoms with Gasteiger partial charge < -0.3 is 19.7 Å². The minimum Gasteiger partial charge on any atom is -0.495 e. The topological polar surface area (TPSA) is 83.3 Å². The van der Waals surface area contributed by atoms with E-state index in [0.29, 0.717) is 60.6 Å². The second-order valence-corrected chi connectivity index (χ2v) is 9.13. The van der Waals surface area contributed by atoms with Crippen LogP contribution in [0.5, 0.6) is 11.5 Å². The van der Waals surface area contributed by atoms with Crippen LogP contribution < -0.4 is 14.8 Å². The Morgan fingerprint density at radius 3 is 2.46 bits per heavy atom. The predicted octanol–water partition coefficient (Wildman–Crippen LogP) is 6.03. The van der Waals surface area contributed by atoms with Crippen molar-refractivity contribution in [3.63, 3.8) is 0 Å². The third kappa shape index (κ3) is 5.71. The zero-order valence-electron chi connectivity index (χ0n) is 20.7. The van der Waals surface area contributed by atoms with E-state index >= 15 is 0 Å². The number of rotatable bonds is 6. The lowest BCUT2D eigenvalue weighted by molar-refractivity contribution is 0.401. The van der Waals surface area contributed by atoms with Crippen molar-refractivity contribution in [2.75, 3.05) is 33.6 Å². The van der Waals surface area contributed by atoms with Gasteiger partial charge in [0.15, 0.2) is 0 Å². The first kappa shape index (κ1) is 26.1. The van der Waals surface area contributed by atoms with E-state index in [4.69, 9.17) is 32.7 Å². The van der Waals surface area contributed by atoms with Gasteiger partial charge in [0.25, 0.3) is 0 Å². The van der Waals surface area contributed by atoms with Crippen LogP contribution in [0, 0.1) is 23.2 Å². The molecule has 0 saturated heterocycles. The molecule has 0 aliphatic carbocycles.